The normalized spacial score (nSPS) is 22.0. The van der Waals surface area contributed by atoms with E-state index in [0.717, 1.165) is 18.9 Å². The number of benzene rings is 1. The Morgan fingerprint density at radius 2 is 1.97 bits per heavy atom. The number of nitrogens with one attached hydrogen (secondary N) is 1. The van der Waals surface area contributed by atoms with Crippen LogP contribution in [0.4, 0.5) is 18.9 Å². The molecule has 0 aromatic heterocycles. The largest absolute Gasteiger partial charge is 0.417 e. The molecule has 10 heteroatoms. The molecule has 3 aliphatic rings. The van der Waals surface area contributed by atoms with Crippen LogP contribution in [0.15, 0.2) is 18.2 Å². The number of nitriles is 1. The summed E-state index contributed by atoms with van der Waals surface area (Å²) in [6, 6.07) is 5.52. The van der Waals surface area contributed by atoms with Crippen LogP contribution in [0, 0.1) is 22.7 Å². The number of halogens is 3. The highest BCUT2D eigenvalue weighted by atomic mass is 19.4. The van der Waals surface area contributed by atoms with Crippen molar-refractivity contribution in [3.05, 3.63) is 29.3 Å². The van der Waals surface area contributed by atoms with Gasteiger partial charge in [0.05, 0.1) is 36.1 Å². The molecular formula is C24H29F3N4O3. The van der Waals surface area contributed by atoms with Crippen LogP contribution in [0.5, 0.6) is 0 Å². The number of methoxy groups -OCH3 is 1. The molecule has 1 aliphatic carbocycles. The quantitative estimate of drug-likeness (QED) is 0.680. The number of anilines is 1. The molecule has 34 heavy (non-hydrogen) atoms. The molecule has 1 atom stereocenters. The molecule has 2 heterocycles. The molecule has 1 saturated carbocycles. The summed E-state index contributed by atoms with van der Waals surface area (Å²) in [6.45, 7) is 2.09. The van der Waals surface area contributed by atoms with E-state index in [1.54, 1.807) is 18.1 Å². The monoisotopic (exact) mass is 478 g/mol. The topological polar surface area (TPSA) is 85.7 Å². The number of hydrogen-bond donors (Lipinski definition) is 1. The van der Waals surface area contributed by atoms with E-state index in [9.17, 15) is 22.8 Å². The zero-order valence-electron chi connectivity index (χ0n) is 19.2. The summed E-state index contributed by atoms with van der Waals surface area (Å²) in [5.41, 5.74) is -1.46. The molecule has 2 aliphatic heterocycles. The van der Waals surface area contributed by atoms with Gasteiger partial charge in [0, 0.05) is 50.4 Å². The molecule has 184 valence electrons. The summed E-state index contributed by atoms with van der Waals surface area (Å²) in [7, 11) is 1.54. The first kappa shape index (κ1) is 24.3. The Hall–Kier alpha value is -2.80. The van der Waals surface area contributed by atoms with Crippen molar-refractivity contribution in [2.24, 2.45) is 11.3 Å². The zero-order chi connectivity index (χ0) is 24.5. The summed E-state index contributed by atoms with van der Waals surface area (Å²) >= 11 is 0. The highest BCUT2D eigenvalue weighted by molar-refractivity contribution is 5.82. The Morgan fingerprint density at radius 1 is 1.26 bits per heavy atom. The summed E-state index contributed by atoms with van der Waals surface area (Å²) in [6.07, 6.45) is -1.24. The van der Waals surface area contributed by atoms with Gasteiger partial charge in [-0.1, -0.05) is 0 Å². The highest BCUT2D eigenvalue weighted by Gasteiger charge is 2.52. The van der Waals surface area contributed by atoms with Crippen LogP contribution < -0.4 is 10.2 Å². The van der Waals surface area contributed by atoms with E-state index in [-0.39, 0.29) is 23.8 Å². The fourth-order valence-electron chi connectivity index (χ4n) is 5.17. The molecule has 0 radical (unpaired) electrons. The Labute approximate surface area is 196 Å². The third kappa shape index (κ3) is 4.99. The second kappa shape index (κ2) is 9.45. The lowest BCUT2D eigenvalue weighted by atomic mass is 9.70. The SMILES string of the molecule is COCCC(=O)N1CCC2(CC1)CN(c1ccc(C#N)c(C(F)(F)F)c1)CC2C(=O)NC1CC1. The van der Waals surface area contributed by atoms with Crippen molar-refractivity contribution in [3.63, 3.8) is 0 Å². The average Bonchev–Trinajstić information content (AvgIpc) is 3.55. The first-order valence-electron chi connectivity index (χ1n) is 11.6. The number of piperidine rings is 1. The van der Waals surface area contributed by atoms with Gasteiger partial charge in [-0.3, -0.25) is 9.59 Å². The third-order valence-electron chi connectivity index (χ3n) is 7.31. The maximum absolute atomic E-state index is 13.5. The highest BCUT2D eigenvalue weighted by Crippen LogP contribution is 2.47. The predicted octanol–water partition coefficient (Wildman–Crippen LogP) is 2.94. The van der Waals surface area contributed by atoms with E-state index in [1.807, 2.05) is 4.90 Å². The van der Waals surface area contributed by atoms with Crippen LogP contribution in [0.1, 0.15) is 43.2 Å². The van der Waals surface area contributed by atoms with Gasteiger partial charge < -0.3 is 19.9 Å². The predicted molar refractivity (Wildman–Crippen MR) is 118 cm³/mol. The van der Waals surface area contributed by atoms with E-state index < -0.39 is 22.7 Å². The lowest BCUT2D eigenvalue weighted by Gasteiger charge is -2.42. The number of nitrogens with zero attached hydrogens (tertiary/aromatic N) is 3. The first-order chi connectivity index (χ1) is 16.2. The molecule has 1 aromatic rings. The van der Waals surface area contributed by atoms with Crippen molar-refractivity contribution in [3.8, 4) is 6.07 Å². The van der Waals surface area contributed by atoms with Gasteiger partial charge in [-0.15, -0.1) is 0 Å². The van der Waals surface area contributed by atoms with Crippen LogP contribution in [0.3, 0.4) is 0 Å². The maximum atomic E-state index is 13.5. The molecule has 3 fully saturated rings. The number of carbonyl (C=O) groups excluding carboxylic acids is 2. The lowest BCUT2D eigenvalue weighted by molar-refractivity contribution is -0.138. The molecule has 2 saturated heterocycles. The third-order valence-corrected chi connectivity index (χ3v) is 7.31. The smallest absolute Gasteiger partial charge is 0.384 e. The minimum atomic E-state index is -4.64. The van der Waals surface area contributed by atoms with Gasteiger partial charge in [0.2, 0.25) is 11.8 Å². The van der Waals surface area contributed by atoms with Crippen LogP contribution in [-0.4, -0.2) is 62.7 Å². The van der Waals surface area contributed by atoms with E-state index >= 15 is 0 Å². The van der Waals surface area contributed by atoms with Crippen LogP contribution in [0.2, 0.25) is 0 Å². The molecule has 7 nitrogen and oxygen atoms in total. The average molecular weight is 479 g/mol. The number of hydrogen-bond acceptors (Lipinski definition) is 5. The van der Waals surface area contributed by atoms with E-state index in [2.05, 4.69) is 5.32 Å². The van der Waals surface area contributed by atoms with Crippen molar-refractivity contribution < 1.29 is 27.5 Å². The van der Waals surface area contributed by atoms with E-state index in [0.29, 0.717) is 57.7 Å². The number of amides is 2. The van der Waals surface area contributed by atoms with E-state index in [4.69, 9.17) is 10.00 Å². The fourth-order valence-corrected chi connectivity index (χ4v) is 5.17. The Bertz CT molecular complexity index is 979. The van der Waals surface area contributed by atoms with Gasteiger partial charge in [0.15, 0.2) is 0 Å². The standard InChI is InChI=1S/C24H29F3N4O3/c1-34-11-6-21(32)30-9-7-23(8-10-30)15-31(14-20(23)22(33)29-17-3-4-17)18-5-2-16(13-28)19(12-18)24(25,26)27/h2,5,12,17,20H,3-4,6-11,14-15H2,1H3,(H,29,33). The number of alkyl halides is 3. The van der Waals surface area contributed by atoms with Crippen molar-refractivity contribution >= 4 is 17.5 Å². The van der Waals surface area contributed by atoms with Crippen molar-refractivity contribution in [1.29, 1.82) is 5.26 Å². The molecule has 1 spiro atoms. The summed E-state index contributed by atoms with van der Waals surface area (Å²) in [5, 5.41) is 12.2. The van der Waals surface area contributed by atoms with Crippen molar-refractivity contribution in [1.82, 2.24) is 10.2 Å². The van der Waals surface area contributed by atoms with Gasteiger partial charge in [0.25, 0.3) is 0 Å². The van der Waals surface area contributed by atoms with Crippen molar-refractivity contribution in [2.75, 3.05) is 44.8 Å². The molecule has 0 bridgehead atoms. The molecule has 4 rings (SSSR count). The van der Waals surface area contributed by atoms with E-state index in [1.165, 1.54) is 12.1 Å². The maximum Gasteiger partial charge on any atom is 0.417 e. The lowest BCUT2D eigenvalue weighted by Crippen LogP contribution is -2.50. The molecule has 1 N–H and O–H groups in total. The van der Waals surface area contributed by atoms with Gasteiger partial charge in [-0.25, -0.2) is 0 Å². The summed E-state index contributed by atoms with van der Waals surface area (Å²) in [4.78, 5) is 29.2. The van der Waals surface area contributed by atoms with Crippen LogP contribution in [0.25, 0.3) is 0 Å². The van der Waals surface area contributed by atoms with Gasteiger partial charge in [-0.05, 0) is 43.9 Å². The number of carbonyl (C=O) groups is 2. The Balaban J connectivity index is 1.56. The van der Waals surface area contributed by atoms with Gasteiger partial charge in [0.1, 0.15) is 0 Å². The molecule has 2 amide bonds. The molecule has 1 aromatic carbocycles. The molecular weight excluding hydrogens is 449 g/mol. The minimum absolute atomic E-state index is 0.00689. The van der Waals surface area contributed by atoms with Crippen molar-refractivity contribution in [2.45, 2.75) is 44.3 Å². The summed E-state index contributed by atoms with van der Waals surface area (Å²) < 4.78 is 45.6. The fraction of sp³-hybridized carbons (Fsp3) is 0.625. The first-order valence-corrected chi connectivity index (χ1v) is 11.6. The second-order valence-corrected chi connectivity index (χ2v) is 9.54. The van der Waals surface area contributed by atoms with Gasteiger partial charge >= 0.3 is 6.18 Å². The summed E-state index contributed by atoms with van der Waals surface area (Å²) in [5.74, 6) is -0.435. The zero-order valence-corrected chi connectivity index (χ0v) is 19.2. The van der Waals surface area contributed by atoms with Gasteiger partial charge in [-0.2, -0.15) is 18.4 Å². The molecule has 1 unspecified atom stereocenters. The number of rotatable bonds is 6. The Morgan fingerprint density at radius 3 is 2.56 bits per heavy atom. The van der Waals surface area contributed by atoms with Crippen LogP contribution in [-0.2, 0) is 20.5 Å². The van der Waals surface area contributed by atoms with Crippen LogP contribution >= 0.6 is 0 Å². The number of likely N-dealkylation sites (tertiary alicyclic amines) is 1. The second-order valence-electron chi connectivity index (χ2n) is 9.54. The minimum Gasteiger partial charge on any atom is -0.384 e. The Kier molecular flexibility index (Phi) is 6.76. The number of ether oxygens (including phenoxy) is 1.